The topological polar surface area (TPSA) is 112 Å². The van der Waals surface area contributed by atoms with Crippen LogP contribution in [0, 0.1) is 11.3 Å². The number of hydrogen-bond donors (Lipinski definition) is 0. The SMILES string of the molecule is COC(=O)c1cc(OC(=O)COc2ccccc2C#N)cc(C(=O)OC)c1. The van der Waals surface area contributed by atoms with Crippen LogP contribution in [0.4, 0.5) is 0 Å². The van der Waals surface area contributed by atoms with E-state index in [1.165, 1.54) is 32.4 Å². The summed E-state index contributed by atoms with van der Waals surface area (Å²) in [6.07, 6.45) is 0. The van der Waals surface area contributed by atoms with Crippen LogP contribution in [0.15, 0.2) is 42.5 Å². The van der Waals surface area contributed by atoms with Crippen molar-refractivity contribution in [2.24, 2.45) is 0 Å². The van der Waals surface area contributed by atoms with Gasteiger partial charge in [0.2, 0.25) is 0 Å². The van der Waals surface area contributed by atoms with Crippen molar-refractivity contribution >= 4 is 17.9 Å². The van der Waals surface area contributed by atoms with Crippen molar-refractivity contribution in [2.75, 3.05) is 20.8 Å². The van der Waals surface area contributed by atoms with E-state index in [2.05, 4.69) is 9.47 Å². The number of rotatable bonds is 6. The molecule has 0 aliphatic rings. The Morgan fingerprint density at radius 3 is 2.11 bits per heavy atom. The largest absolute Gasteiger partial charge is 0.481 e. The van der Waals surface area contributed by atoms with Crippen molar-refractivity contribution < 1.29 is 33.3 Å². The number of ether oxygens (including phenoxy) is 4. The zero-order chi connectivity index (χ0) is 19.8. The Morgan fingerprint density at radius 1 is 0.963 bits per heavy atom. The molecule has 2 aromatic rings. The quantitative estimate of drug-likeness (QED) is 0.562. The van der Waals surface area contributed by atoms with E-state index in [0.29, 0.717) is 0 Å². The monoisotopic (exact) mass is 369 g/mol. The lowest BCUT2D eigenvalue weighted by Gasteiger charge is -2.10. The molecule has 27 heavy (non-hydrogen) atoms. The highest BCUT2D eigenvalue weighted by molar-refractivity contribution is 5.96. The normalized spacial score (nSPS) is 9.67. The maximum Gasteiger partial charge on any atom is 0.349 e. The van der Waals surface area contributed by atoms with Crippen LogP contribution in [0.5, 0.6) is 11.5 Å². The molecule has 8 heteroatoms. The number of carbonyl (C=O) groups excluding carboxylic acids is 3. The summed E-state index contributed by atoms with van der Waals surface area (Å²) in [6.45, 7) is -0.477. The molecular weight excluding hydrogens is 354 g/mol. The molecule has 0 unspecified atom stereocenters. The van der Waals surface area contributed by atoms with Crippen molar-refractivity contribution in [2.45, 2.75) is 0 Å². The number of hydrogen-bond acceptors (Lipinski definition) is 8. The summed E-state index contributed by atoms with van der Waals surface area (Å²) in [5.41, 5.74) is 0.295. The maximum atomic E-state index is 12.0. The highest BCUT2D eigenvalue weighted by atomic mass is 16.6. The molecule has 0 fully saturated rings. The van der Waals surface area contributed by atoms with Gasteiger partial charge in [-0.2, -0.15) is 5.26 Å². The predicted octanol–water partition coefficient (Wildman–Crippen LogP) is 2.12. The Morgan fingerprint density at radius 2 is 1.56 bits per heavy atom. The first-order valence-electron chi connectivity index (χ1n) is 7.62. The maximum absolute atomic E-state index is 12.0. The van der Waals surface area contributed by atoms with Crippen molar-refractivity contribution in [3.05, 3.63) is 59.2 Å². The minimum absolute atomic E-state index is 0.0129. The second-order valence-corrected chi connectivity index (χ2v) is 5.10. The van der Waals surface area contributed by atoms with Gasteiger partial charge in [-0.15, -0.1) is 0 Å². The van der Waals surface area contributed by atoms with Gasteiger partial charge in [0.05, 0.1) is 30.9 Å². The molecule has 0 bridgehead atoms. The molecule has 0 aliphatic heterocycles. The second-order valence-electron chi connectivity index (χ2n) is 5.10. The summed E-state index contributed by atoms with van der Waals surface area (Å²) in [4.78, 5) is 35.5. The van der Waals surface area contributed by atoms with E-state index in [4.69, 9.17) is 14.7 Å². The van der Waals surface area contributed by atoms with E-state index in [9.17, 15) is 14.4 Å². The van der Waals surface area contributed by atoms with Gasteiger partial charge in [-0.1, -0.05) is 12.1 Å². The van der Waals surface area contributed by atoms with E-state index in [0.717, 1.165) is 0 Å². The molecule has 2 aromatic carbocycles. The van der Waals surface area contributed by atoms with Crippen LogP contribution in [0.25, 0.3) is 0 Å². The molecule has 0 saturated carbocycles. The van der Waals surface area contributed by atoms with Crippen molar-refractivity contribution in [1.82, 2.24) is 0 Å². The third-order valence-electron chi connectivity index (χ3n) is 3.33. The fourth-order valence-electron chi connectivity index (χ4n) is 2.11. The molecule has 138 valence electrons. The number of nitriles is 1. The van der Waals surface area contributed by atoms with Crippen LogP contribution in [0.1, 0.15) is 26.3 Å². The Labute approximate surface area is 154 Å². The zero-order valence-electron chi connectivity index (χ0n) is 14.6. The summed E-state index contributed by atoms with van der Waals surface area (Å²) >= 11 is 0. The van der Waals surface area contributed by atoms with Crippen molar-refractivity contribution in [3.63, 3.8) is 0 Å². The number of esters is 3. The Hall–Kier alpha value is -3.86. The molecule has 0 aliphatic carbocycles. The van der Waals surface area contributed by atoms with Crippen LogP contribution in [0.3, 0.4) is 0 Å². The standard InChI is InChI=1S/C19H15NO7/c1-24-18(22)13-7-14(19(23)25-2)9-15(8-13)27-17(21)11-26-16-6-4-3-5-12(16)10-20/h3-9H,11H2,1-2H3. The summed E-state index contributed by atoms with van der Waals surface area (Å²) < 4.78 is 19.6. The molecule has 0 spiro atoms. The van der Waals surface area contributed by atoms with Crippen LogP contribution < -0.4 is 9.47 Å². The summed E-state index contributed by atoms with van der Waals surface area (Å²) in [6, 6.07) is 12.1. The number of para-hydroxylation sites is 1. The highest BCUT2D eigenvalue weighted by Gasteiger charge is 2.16. The molecule has 0 N–H and O–H groups in total. The minimum atomic E-state index is -0.791. The van der Waals surface area contributed by atoms with Gasteiger partial charge in [-0.25, -0.2) is 14.4 Å². The minimum Gasteiger partial charge on any atom is -0.481 e. The molecule has 8 nitrogen and oxygen atoms in total. The number of methoxy groups -OCH3 is 2. The Balaban J connectivity index is 2.15. The summed E-state index contributed by atoms with van der Waals surface area (Å²) in [5.74, 6) is -2.04. The average molecular weight is 369 g/mol. The third kappa shape index (κ3) is 5.06. The first-order chi connectivity index (χ1) is 13.0. The van der Waals surface area contributed by atoms with Gasteiger partial charge in [0.25, 0.3) is 0 Å². The van der Waals surface area contributed by atoms with Gasteiger partial charge in [-0.3, -0.25) is 0 Å². The number of nitrogens with zero attached hydrogens (tertiary/aromatic N) is 1. The molecule has 0 radical (unpaired) electrons. The van der Waals surface area contributed by atoms with Gasteiger partial charge in [-0.05, 0) is 30.3 Å². The fraction of sp³-hybridized carbons (Fsp3) is 0.158. The molecule has 0 atom stereocenters. The zero-order valence-corrected chi connectivity index (χ0v) is 14.6. The van der Waals surface area contributed by atoms with E-state index in [-0.39, 0.29) is 28.2 Å². The van der Waals surface area contributed by atoms with Gasteiger partial charge in [0.15, 0.2) is 6.61 Å². The first kappa shape index (κ1) is 19.5. The molecule has 0 aromatic heterocycles. The van der Waals surface area contributed by atoms with E-state index in [1.54, 1.807) is 24.3 Å². The molecule has 0 saturated heterocycles. The average Bonchev–Trinajstić information content (AvgIpc) is 2.70. The lowest BCUT2D eigenvalue weighted by atomic mass is 10.1. The van der Waals surface area contributed by atoms with Gasteiger partial charge in [0, 0.05) is 0 Å². The summed E-state index contributed by atoms with van der Waals surface area (Å²) in [7, 11) is 2.36. The van der Waals surface area contributed by atoms with Gasteiger partial charge < -0.3 is 18.9 Å². The number of benzene rings is 2. The third-order valence-corrected chi connectivity index (χ3v) is 3.33. The van der Waals surface area contributed by atoms with Crippen LogP contribution in [-0.2, 0) is 14.3 Å². The molecule has 0 amide bonds. The van der Waals surface area contributed by atoms with Crippen LogP contribution in [0.2, 0.25) is 0 Å². The van der Waals surface area contributed by atoms with Crippen molar-refractivity contribution in [3.8, 4) is 17.6 Å². The number of carbonyl (C=O) groups is 3. The summed E-state index contributed by atoms with van der Waals surface area (Å²) in [5, 5.41) is 9.00. The van der Waals surface area contributed by atoms with Crippen LogP contribution >= 0.6 is 0 Å². The highest BCUT2D eigenvalue weighted by Crippen LogP contribution is 2.20. The Kier molecular flexibility index (Phi) is 6.49. The molecule has 0 heterocycles. The van der Waals surface area contributed by atoms with Crippen molar-refractivity contribution in [1.29, 1.82) is 5.26 Å². The van der Waals surface area contributed by atoms with E-state index >= 15 is 0 Å². The molecular formula is C19H15NO7. The fourth-order valence-corrected chi connectivity index (χ4v) is 2.11. The lowest BCUT2D eigenvalue weighted by molar-refractivity contribution is -0.136. The second kappa shape index (κ2) is 9.01. The van der Waals surface area contributed by atoms with Crippen LogP contribution in [-0.4, -0.2) is 38.7 Å². The van der Waals surface area contributed by atoms with E-state index in [1.807, 2.05) is 6.07 Å². The Bertz CT molecular complexity index is 880. The van der Waals surface area contributed by atoms with Gasteiger partial charge in [0.1, 0.15) is 17.6 Å². The van der Waals surface area contributed by atoms with E-state index < -0.39 is 24.5 Å². The lowest BCUT2D eigenvalue weighted by Crippen LogP contribution is -2.18. The van der Waals surface area contributed by atoms with Gasteiger partial charge >= 0.3 is 17.9 Å². The molecule has 2 rings (SSSR count). The predicted molar refractivity (Wildman–Crippen MR) is 91.4 cm³/mol. The first-order valence-corrected chi connectivity index (χ1v) is 7.62. The smallest absolute Gasteiger partial charge is 0.349 e.